The van der Waals surface area contributed by atoms with E-state index >= 15 is 0 Å². The molecule has 98 valence electrons. The lowest BCUT2D eigenvalue weighted by Gasteiger charge is -2.25. The zero-order chi connectivity index (χ0) is 13.1. The molecular weight excluding hydrogens is 234 g/mol. The molecule has 19 heavy (non-hydrogen) atoms. The molecule has 1 N–H and O–H groups in total. The van der Waals surface area contributed by atoms with Crippen molar-refractivity contribution in [1.82, 2.24) is 15.3 Å². The van der Waals surface area contributed by atoms with E-state index in [-0.39, 0.29) is 0 Å². The van der Waals surface area contributed by atoms with Gasteiger partial charge in [-0.05, 0) is 49.4 Å². The predicted octanol–water partition coefficient (Wildman–Crippen LogP) is 2.95. The van der Waals surface area contributed by atoms with Crippen LogP contribution < -0.4 is 5.32 Å². The Bertz CT molecular complexity index is 548. The molecule has 1 atom stereocenters. The van der Waals surface area contributed by atoms with Gasteiger partial charge >= 0.3 is 0 Å². The first-order valence-electron chi connectivity index (χ1n) is 6.91. The molecule has 1 aliphatic rings. The average molecular weight is 253 g/mol. The lowest BCUT2D eigenvalue weighted by molar-refractivity contribution is 0.447. The highest BCUT2D eigenvalue weighted by atomic mass is 14.9. The molecule has 2 heterocycles. The molecule has 2 aromatic heterocycles. The fraction of sp³-hybridized carbons (Fsp3) is 0.375. The van der Waals surface area contributed by atoms with E-state index in [4.69, 9.17) is 0 Å². The quantitative estimate of drug-likeness (QED) is 0.914. The zero-order valence-electron chi connectivity index (χ0n) is 11.3. The fourth-order valence-electron chi connectivity index (χ4n) is 2.65. The molecule has 0 saturated carbocycles. The van der Waals surface area contributed by atoms with E-state index < -0.39 is 0 Å². The third-order valence-corrected chi connectivity index (χ3v) is 3.72. The molecule has 3 rings (SSSR count). The van der Waals surface area contributed by atoms with E-state index in [1.54, 1.807) is 0 Å². The zero-order valence-corrected chi connectivity index (χ0v) is 11.3. The predicted molar refractivity (Wildman–Crippen MR) is 75.7 cm³/mol. The summed E-state index contributed by atoms with van der Waals surface area (Å²) in [5.74, 6) is 0. The van der Waals surface area contributed by atoms with E-state index in [2.05, 4.69) is 33.5 Å². The minimum Gasteiger partial charge on any atom is -0.304 e. The molecule has 1 aliphatic carbocycles. The topological polar surface area (TPSA) is 37.8 Å². The van der Waals surface area contributed by atoms with Crippen molar-refractivity contribution in [3.8, 4) is 0 Å². The van der Waals surface area contributed by atoms with Gasteiger partial charge in [-0.1, -0.05) is 12.1 Å². The SMILES string of the molecule is Cc1ccc(CNC2CCCc3cccnc32)cn1. The smallest absolute Gasteiger partial charge is 0.0605 e. The van der Waals surface area contributed by atoms with E-state index in [0.717, 1.165) is 18.7 Å². The summed E-state index contributed by atoms with van der Waals surface area (Å²) in [6.07, 6.45) is 7.41. The normalized spacial score (nSPS) is 18.1. The highest BCUT2D eigenvalue weighted by molar-refractivity contribution is 5.25. The molecule has 0 fully saturated rings. The maximum Gasteiger partial charge on any atom is 0.0605 e. The summed E-state index contributed by atoms with van der Waals surface area (Å²) in [6, 6.07) is 8.81. The molecule has 0 saturated heterocycles. The minimum absolute atomic E-state index is 0.381. The van der Waals surface area contributed by atoms with Crippen molar-refractivity contribution in [3.63, 3.8) is 0 Å². The third kappa shape index (κ3) is 2.82. The maximum atomic E-state index is 4.55. The first-order chi connectivity index (χ1) is 9.33. The second-order valence-electron chi connectivity index (χ2n) is 5.18. The second-order valence-corrected chi connectivity index (χ2v) is 5.18. The number of hydrogen-bond donors (Lipinski definition) is 1. The Balaban J connectivity index is 1.69. The van der Waals surface area contributed by atoms with Crippen LogP contribution in [0.1, 0.15) is 41.4 Å². The van der Waals surface area contributed by atoms with E-state index in [1.807, 2.05) is 25.4 Å². The Labute approximate surface area is 114 Å². The number of aromatic nitrogens is 2. The maximum absolute atomic E-state index is 4.55. The van der Waals surface area contributed by atoms with Crippen molar-refractivity contribution < 1.29 is 0 Å². The lowest BCUT2D eigenvalue weighted by atomic mass is 9.92. The summed E-state index contributed by atoms with van der Waals surface area (Å²) in [5.41, 5.74) is 4.92. The van der Waals surface area contributed by atoms with Gasteiger partial charge in [0.1, 0.15) is 0 Å². The monoisotopic (exact) mass is 253 g/mol. The van der Waals surface area contributed by atoms with Gasteiger partial charge in [-0.25, -0.2) is 0 Å². The summed E-state index contributed by atoms with van der Waals surface area (Å²) >= 11 is 0. The number of aryl methyl sites for hydroxylation is 2. The molecular formula is C16H19N3. The van der Waals surface area contributed by atoms with Crippen LogP contribution in [0.4, 0.5) is 0 Å². The Morgan fingerprint density at radius 3 is 3.05 bits per heavy atom. The molecule has 3 nitrogen and oxygen atoms in total. The van der Waals surface area contributed by atoms with Crippen LogP contribution in [0.3, 0.4) is 0 Å². The fourth-order valence-corrected chi connectivity index (χ4v) is 2.65. The molecule has 0 aromatic carbocycles. The summed E-state index contributed by atoms with van der Waals surface area (Å²) in [5, 5.41) is 3.61. The largest absolute Gasteiger partial charge is 0.304 e. The van der Waals surface area contributed by atoms with Crippen LogP contribution in [0.15, 0.2) is 36.7 Å². The first-order valence-corrected chi connectivity index (χ1v) is 6.91. The Morgan fingerprint density at radius 1 is 1.26 bits per heavy atom. The number of fused-ring (bicyclic) bond motifs is 1. The number of hydrogen-bond acceptors (Lipinski definition) is 3. The van der Waals surface area contributed by atoms with Gasteiger partial charge in [0.15, 0.2) is 0 Å². The molecule has 3 heteroatoms. The standard InChI is InChI=1S/C16H19N3/c1-12-7-8-13(10-18-12)11-19-15-6-2-4-14-5-3-9-17-16(14)15/h3,5,7-10,15,19H,2,4,6,11H2,1H3. The van der Waals surface area contributed by atoms with Crippen molar-refractivity contribution in [2.75, 3.05) is 0 Å². The van der Waals surface area contributed by atoms with Crippen LogP contribution in [-0.4, -0.2) is 9.97 Å². The summed E-state index contributed by atoms with van der Waals surface area (Å²) in [7, 11) is 0. The molecule has 0 radical (unpaired) electrons. The third-order valence-electron chi connectivity index (χ3n) is 3.72. The van der Waals surface area contributed by atoms with Gasteiger partial charge in [-0.2, -0.15) is 0 Å². The lowest BCUT2D eigenvalue weighted by Crippen LogP contribution is -2.25. The number of pyridine rings is 2. The van der Waals surface area contributed by atoms with Gasteiger partial charge in [-0.15, -0.1) is 0 Å². The molecule has 2 aromatic rings. The van der Waals surface area contributed by atoms with Gasteiger partial charge in [0.05, 0.1) is 11.7 Å². The van der Waals surface area contributed by atoms with Crippen molar-refractivity contribution >= 4 is 0 Å². The number of nitrogens with zero attached hydrogens (tertiary/aromatic N) is 2. The number of nitrogens with one attached hydrogen (secondary N) is 1. The van der Waals surface area contributed by atoms with Crippen molar-refractivity contribution in [3.05, 3.63) is 59.2 Å². The van der Waals surface area contributed by atoms with Crippen LogP contribution in [0.5, 0.6) is 0 Å². The van der Waals surface area contributed by atoms with Crippen LogP contribution in [0.25, 0.3) is 0 Å². The van der Waals surface area contributed by atoms with Gasteiger partial charge in [0.25, 0.3) is 0 Å². The van der Waals surface area contributed by atoms with Crippen molar-refractivity contribution in [2.24, 2.45) is 0 Å². The van der Waals surface area contributed by atoms with E-state index in [1.165, 1.54) is 29.7 Å². The van der Waals surface area contributed by atoms with Gasteiger partial charge < -0.3 is 5.32 Å². The van der Waals surface area contributed by atoms with Crippen LogP contribution in [0, 0.1) is 6.92 Å². The summed E-state index contributed by atoms with van der Waals surface area (Å²) in [4.78, 5) is 8.88. The van der Waals surface area contributed by atoms with Crippen molar-refractivity contribution in [1.29, 1.82) is 0 Å². The van der Waals surface area contributed by atoms with Gasteiger partial charge in [-0.3, -0.25) is 9.97 Å². The molecule has 0 spiro atoms. The molecule has 0 amide bonds. The Morgan fingerprint density at radius 2 is 2.21 bits per heavy atom. The first kappa shape index (κ1) is 12.3. The van der Waals surface area contributed by atoms with Crippen LogP contribution >= 0.6 is 0 Å². The highest BCUT2D eigenvalue weighted by Crippen LogP contribution is 2.27. The van der Waals surface area contributed by atoms with Crippen molar-refractivity contribution in [2.45, 2.75) is 38.8 Å². The summed E-state index contributed by atoms with van der Waals surface area (Å²) < 4.78 is 0. The van der Waals surface area contributed by atoms with Crippen LogP contribution in [0.2, 0.25) is 0 Å². The van der Waals surface area contributed by atoms with E-state index in [0.29, 0.717) is 6.04 Å². The van der Waals surface area contributed by atoms with E-state index in [9.17, 15) is 0 Å². The highest BCUT2D eigenvalue weighted by Gasteiger charge is 2.20. The Kier molecular flexibility index (Phi) is 3.56. The minimum atomic E-state index is 0.381. The second kappa shape index (κ2) is 5.49. The molecule has 0 aliphatic heterocycles. The molecule has 0 bridgehead atoms. The summed E-state index contributed by atoms with van der Waals surface area (Å²) in [6.45, 7) is 2.87. The van der Waals surface area contributed by atoms with Gasteiger partial charge in [0.2, 0.25) is 0 Å². The van der Waals surface area contributed by atoms with Crippen LogP contribution in [-0.2, 0) is 13.0 Å². The average Bonchev–Trinajstić information content (AvgIpc) is 2.47. The number of rotatable bonds is 3. The Hall–Kier alpha value is -1.74. The molecule has 1 unspecified atom stereocenters. The van der Waals surface area contributed by atoms with Gasteiger partial charge in [0, 0.05) is 24.6 Å².